The van der Waals surface area contributed by atoms with Gasteiger partial charge >= 0.3 is 0 Å². The van der Waals surface area contributed by atoms with Crippen molar-refractivity contribution in [2.24, 2.45) is 5.73 Å². The highest BCUT2D eigenvalue weighted by Gasteiger charge is 2.18. The van der Waals surface area contributed by atoms with E-state index in [0.717, 1.165) is 28.8 Å². The van der Waals surface area contributed by atoms with Crippen molar-refractivity contribution < 1.29 is 0 Å². The second kappa shape index (κ2) is 7.45. The van der Waals surface area contributed by atoms with Gasteiger partial charge in [-0.05, 0) is 54.0 Å². The van der Waals surface area contributed by atoms with Crippen LogP contribution in [0.2, 0.25) is 0 Å². The van der Waals surface area contributed by atoms with Gasteiger partial charge in [0.05, 0.1) is 29.0 Å². The number of rotatable bonds is 6. The monoisotopic (exact) mass is 368 g/mol. The molecule has 0 spiro atoms. The maximum absolute atomic E-state index is 6.45. The summed E-state index contributed by atoms with van der Waals surface area (Å²) in [6.07, 6.45) is 3.89. The van der Waals surface area contributed by atoms with E-state index in [1.54, 1.807) is 11.8 Å². The fourth-order valence-electron chi connectivity index (χ4n) is 2.12. The number of hydrogen-bond donors (Lipinski definition) is 1. The fraction of sp³-hybridized carbons (Fsp3) is 0.400. The summed E-state index contributed by atoms with van der Waals surface area (Å²) in [5, 5.41) is 4.43. The highest BCUT2D eigenvalue weighted by molar-refractivity contribution is 9.10. The molecule has 0 bridgehead atoms. The second-order valence-electron chi connectivity index (χ2n) is 5.15. The molecule has 1 aromatic heterocycles. The molecule has 2 N–H and O–H groups in total. The number of halogens is 1. The van der Waals surface area contributed by atoms with E-state index in [1.807, 2.05) is 10.9 Å². The molecule has 6 heteroatoms. The van der Waals surface area contributed by atoms with E-state index in [1.165, 1.54) is 4.90 Å². The summed E-state index contributed by atoms with van der Waals surface area (Å²) in [7, 11) is 4.11. The Bertz CT molecular complexity index is 580. The summed E-state index contributed by atoms with van der Waals surface area (Å²) in [6.45, 7) is 1.75. The Labute approximate surface area is 138 Å². The van der Waals surface area contributed by atoms with Crippen LogP contribution in [0.3, 0.4) is 0 Å². The van der Waals surface area contributed by atoms with Gasteiger partial charge in [-0.15, -0.1) is 11.8 Å². The van der Waals surface area contributed by atoms with Crippen LogP contribution in [0.15, 0.2) is 39.8 Å². The number of aromatic nitrogens is 2. The number of nitrogens with two attached hydrogens (primary N) is 1. The third-order valence-electron chi connectivity index (χ3n) is 3.36. The van der Waals surface area contributed by atoms with Gasteiger partial charge in [0, 0.05) is 11.4 Å². The van der Waals surface area contributed by atoms with Gasteiger partial charge in [-0.3, -0.25) is 4.68 Å². The molecule has 21 heavy (non-hydrogen) atoms. The third-order valence-corrected chi connectivity index (χ3v) is 4.72. The molecule has 4 nitrogen and oxygen atoms in total. The van der Waals surface area contributed by atoms with Crippen molar-refractivity contribution >= 4 is 27.7 Å². The SMILES string of the molecule is CSc1ccc(C(N)c2c(Br)cnn2CCN(C)C)cc1. The van der Waals surface area contributed by atoms with Gasteiger partial charge in [0.2, 0.25) is 0 Å². The zero-order valence-electron chi connectivity index (χ0n) is 12.6. The van der Waals surface area contributed by atoms with Crippen LogP contribution in [-0.4, -0.2) is 41.6 Å². The lowest BCUT2D eigenvalue weighted by Crippen LogP contribution is -2.23. The molecule has 2 aromatic rings. The van der Waals surface area contributed by atoms with Crippen LogP contribution >= 0.6 is 27.7 Å². The van der Waals surface area contributed by atoms with Crippen molar-refractivity contribution in [3.63, 3.8) is 0 Å². The number of hydrogen-bond acceptors (Lipinski definition) is 4. The molecule has 0 aliphatic heterocycles. The van der Waals surface area contributed by atoms with Crippen molar-refractivity contribution in [2.45, 2.75) is 17.5 Å². The van der Waals surface area contributed by atoms with Crippen molar-refractivity contribution in [1.29, 1.82) is 0 Å². The third kappa shape index (κ3) is 4.10. The van der Waals surface area contributed by atoms with E-state index in [9.17, 15) is 0 Å². The lowest BCUT2D eigenvalue weighted by atomic mass is 10.0. The predicted molar refractivity (Wildman–Crippen MR) is 92.7 cm³/mol. The molecule has 0 saturated heterocycles. The highest BCUT2D eigenvalue weighted by atomic mass is 79.9. The predicted octanol–water partition coefficient (Wildman–Crippen LogP) is 2.98. The van der Waals surface area contributed by atoms with E-state index in [4.69, 9.17) is 5.73 Å². The minimum Gasteiger partial charge on any atom is -0.319 e. The normalized spacial score (nSPS) is 12.9. The van der Waals surface area contributed by atoms with Gasteiger partial charge in [-0.2, -0.15) is 5.10 Å². The quantitative estimate of drug-likeness (QED) is 0.796. The van der Waals surface area contributed by atoms with Crippen molar-refractivity contribution in [1.82, 2.24) is 14.7 Å². The smallest absolute Gasteiger partial charge is 0.0739 e. The van der Waals surface area contributed by atoms with Gasteiger partial charge in [0.15, 0.2) is 0 Å². The Kier molecular flexibility index (Phi) is 5.87. The van der Waals surface area contributed by atoms with Crippen LogP contribution in [0.4, 0.5) is 0 Å². The van der Waals surface area contributed by atoms with Crippen molar-refractivity contribution in [3.8, 4) is 0 Å². The van der Waals surface area contributed by atoms with Crippen LogP contribution in [-0.2, 0) is 6.54 Å². The Balaban J connectivity index is 2.24. The average molecular weight is 369 g/mol. The van der Waals surface area contributed by atoms with Crippen molar-refractivity contribution in [2.75, 3.05) is 26.9 Å². The molecule has 1 heterocycles. The van der Waals surface area contributed by atoms with E-state index >= 15 is 0 Å². The topological polar surface area (TPSA) is 47.1 Å². The van der Waals surface area contributed by atoms with Crippen LogP contribution in [0, 0.1) is 0 Å². The van der Waals surface area contributed by atoms with Crippen LogP contribution in [0.25, 0.3) is 0 Å². The molecule has 0 fully saturated rings. The lowest BCUT2D eigenvalue weighted by molar-refractivity contribution is 0.368. The first-order valence-corrected chi connectivity index (χ1v) is 8.80. The minimum atomic E-state index is -0.181. The highest BCUT2D eigenvalue weighted by Crippen LogP contribution is 2.28. The summed E-state index contributed by atoms with van der Waals surface area (Å²) in [5.41, 5.74) is 8.57. The zero-order valence-corrected chi connectivity index (χ0v) is 15.0. The van der Waals surface area contributed by atoms with Crippen molar-refractivity contribution in [3.05, 3.63) is 46.2 Å². The molecule has 0 radical (unpaired) electrons. The summed E-state index contributed by atoms with van der Waals surface area (Å²) in [6, 6.07) is 8.21. The first-order chi connectivity index (χ1) is 10.0. The maximum atomic E-state index is 6.45. The van der Waals surface area contributed by atoms with Gasteiger partial charge in [-0.25, -0.2) is 0 Å². The molecular formula is C15H21BrN4S. The van der Waals surface area contributed by atoms with Gasteiger partial charge in [0.1, 0.15) is 0 Å². The van der Waals surface area contributed by atoms with E-state index in [2.05, 4.69) is 70.5 Å². The molecule has 0 aliphatic carbocycles. The van der Waals surface area contributed by atoms with E-state index in [-0.39, 0.29) is 6.04 Å². The lowest BCUT2D eigenvalue weighted by Gasteiger charge is -2.17. The standard InChI is InChI=1S/C15H21BrN4S/c1-19(2)8-9-20-15(13(16)10-18-20)14(17)11-4-6-12(21-3)7-5-11/h4-7,10,14H,8-9,17H2,1-3H3. The Morgan fingerprint density at radius 3 is 2.57 bits per heavy atom. The van der Waals surface area contributed by atoms with E-state index in [0.29, 0.717) is 0 Å². The van der Waals surface area contributed by atoms with Crippen LogP contribution in [0.1, 0.15) is 17.3 Å². The first kappa shape index (κ1) is 16.5. The van der Waals surface area contributed by atoms with Crippen LogP contribution < -0.4 is 5.73 Å². The number of benzene rings is 1. The number of likely N-dealkylation sites (N-methyl/N-ethyl adjacent to an activating group) is 1. The van der Waals surface area contributed by atoms with Crippen LogP contribution in [0.5, 0.6) is 0 Å². The summed E-state index contributed by atoms with van der Waals surface area (Å²) < 4.78 is 2.94. The Hall–Kier alpha value is -0.820. The molecule has 1 atom stereocenters. The largest absolute Gasteiger partial charge is 0.319 e. The first-order valence-electron chi connectivity index (χ1n) is 6.78. The molecule has 0 saturated carbocycles. The maximum Gasteiger partial charge on any atom is 0.0739 e. The average Bonchev–Trinajstić information content (AvgIpc) is 2.85. The molecule has 2 rings (SSSR count). The van der Waals surface area contributed by atoms with E-state index < -0.39 is 0 Å². The van der Waals surface area contributed by atoms with Gasteiger partial charge in [0.25, 0.3) is 0 Å². The fourth-order valence-corrected chi connectivity index (χ4v) is 3.07. The second-order valence-corrected chi connectivity index (χ2v) is 6.89. The number of thioether (sulfide) groups is 1. The van der Waals surface area contributed by atoms with Gasteiger partial charge < -0.3 is 10.6 Å². The molecule has 1 aromatic carbocycles. The Morgan fingerprint density at radius 2 is 2.00 bits per heavy atom. The Morgan fingerprint density at radius 1 is 1.33 bits per heavy atom. The molecule has 0 aliphatic rings. The molecule has 1 unspecified atom stereocenters. The molecule has 114 valence electrons. The number of nitrogens with zero attached hydrogens (tertiary/aromatic N) is 3. The summed E-state index contributed by atoms with van der Waals surface area (Å²) in [4.78, 5) is 3.38. The minimum absolute atomic E-state index is 0.181. The molecular weight excluding hydrogens is 348 g/mol. The molecule has 0 amide bonds. The summed E-state index contributed by atoms with van der Waals surface area (Å²) in [5.74, 6) is 0. The van der Waals surface area contributed by atoms with Gasteiger partial charge in [-0.1, -0.05) is 12.1 Å². The summed E-state index contributed by atoms with van der Waals surface area (Å²) >= 11 is 5.30. The zero-order chi connectivity index (χ0) is 15.4.